The fourth-order valence-corrected chi connectivity index (χ4v) is 4.24. The molecule has 6 nitrogen and oxygen atoms in total. The van der Waals surface area contributed by atoms with E-state index in [-0.39, 0.29) is 23.9 Å². The molecule has 0 aliphatic carbocycles. The van der Waals surface area contributed by atoms with Crippen molar-refractivity contribution < 1.29 is 27.4 Å². The van der Waals surface area contributed by atoms with Crippen LogP contribution in [0.1, 0.15) is 29.8 Å². The quantitative estimate of drug-likeness (QED) is 0.493. The number of hydrogen-bond donors (Lipinski definition) is 1. The Morgan fingerprint density at radius 2 is 1.74 bits per heavy atom. The monoisotopic (exact) mass is 485 g/mol. The van der Waals surface area contributed by atoms with E-state index in [1.807, 2.05) is 32.0 Å². The van der Waals surface area contributed by atoms with E-state index in [4.69, 9.17) is 4.74 Å². The van der Waals surface area contributed by atoms with Gasteiger partial charge in [0.15, 0.2) is 0 Å². The van der Waals surface area contributed by atoms with Crippen LogP contribution in [0.4, 0.5) is 24.7 Å². The number of rotatable bonds is 5. The minimum absolute atomic E-state index is 0.114. The maximum Gasteiger partial charge on any atom is 0.573 e. The Hall–Kier alpha value is -3.59. The second kappa shape index (κ2) is 9.95. The zero-order chi connectivity index (χ0) is 25.2. The van der Waals surface area contributed by atoms with E-state index >= 15 is 0 Å². The molecule has 1 amide bonds. The Morgan fingerprint density at radius 1 is 1.06 bits per heavy atom. The Labute approximate surface area is 201 Å². The van der Waals surface area contributed by atoms with E-state index < -0.39 is 6.36 Å². The van der Waals surface area contributed by atoms with Gasteiger partial charge in [-0.05, 0) is 67.8 Å². The molecule has 9 heteroatoms. The van der Waals surface area contributed by atoms with E-state index in [0.29, 0.717) is 22.4 Å². The fourth-order valence-electron chi connectivity index (χ4n) is 4.24. The average Bonchev–Trinajstić information content (AvgIpc) is 2.79. The van der Waals surface area contributed by atoms with Gasteiger partial charge in [0.1, 0.15) is 11.6 Å². The van der Waals surface area contributed by atoms with Crippen LogP contribution in [0.3, 0.4) is 0 Å². The maximum atomic E-state index is 13.0. The van der Waals surface area contributed by atoms with Crippen LogP contribution < -0.4 is 15.0 Å². The zero-order valence-electron chi connectivity index (χ0n) is 19.6. The number of aromatic nitrogens is 1. The molecule has 2 atom stereocenters. The summed E-state index contributed by atoms with van der Waals surface area (Å²) in [6.45, 7) is 7.35. The van der Waals surface area contributed by atoms with Crippen LogP contribution >= 0.6 is 0 Å². The summed E-state index contributed by atoms with van der Waals surface area (Å²) in [5.41, 5.74) is 3.13. The van der Waals surface area contributed by atoms with Gasteiger partial charge in [0.25, 0.3) is 5.91 Å². The number of pyridine rings is 1. The van der Waals surface area contributed by atoms with Gasteiger partial charge in [-0.15, -0.1) is 13.2 Å². The fraction of sp³-hybridized carbons (Fsp3) is 0.308. The van der Waals surface area contributed by atoms with E-state index in [1.165, 1.54) is 24.3 Å². The standard InChI is InChI=1S/C26H26F3N3O3/c1-16-14-32(15-17(2)34-16)24-12-9-20(13-30-24)31-25(33)23-6-4-5-22(18(23)3)19-7-10-21(11-8-19)35-26(27,28)29/h4-13,16-17H,14-15H2,1-3H3,(H,31,33)/t16-,17?/m0/s1. The molecule has 1 unspecified atom stereocenters. The van der Waals surface area contributed by atoms with E-state index in [1.54, 1.807) is 25.3 Å². The predicted octanol–water partition coefficient (Wildman–Crippen LogP) is 5.82. The minimum atomic E-state index is -4.75. The summed E-state index contributed by atoms with van der Waals surface area (Å²) in [5, 5.41) is 2.87. The summed E-state index contributed by atoms with van der Waals surface area (Å²) in [5.74, 6) is 0.218. The van der Waals surface area contributed by atoms with Crippen molar-refractivity contribution in [1.29, 1.82) is 0 Å². The number of carbonyl (C=O) groups excluding carboxylic acids is 1. The molecule has 1 N–H and O–H groups in total. The summed E-state index contributed by atoms with van der Waals surface area (Å²) in [6.07, 6.45) is -2.90. The number of alkyl halides is 3. The van der Waals surface area contributed by atoms with Gasteiger partial charge in [-0.3, -0.25) is 4.79 Å². The Kier molecular flexibility index (Phi) is 6.98. The molecular formula is C26H26F3N3O3. The second-order valence-corrected chi connectivity index (χ2v) is 8.57. The van der Waals surface area contributed by atoms with Crippen LogP contribution in [0.5, 0.6) is 5.75 Å². The highest BCUT2D eigenvalue weighted by molar-refractivity contribution is 6.06. The van der Waals surface area contributed by atoms with E-state index in [9.17, 15) is 18.0 Å². The van der Waals surface area contributed by atoms with Crippen molar-refractivity contribution in [3.63, 3.8) is 0 Å². The molecular weight excluding hydrogens is 459 g/mol. The molecule has 4 rings (SSSR count). The van der Waals surface area contributed by atoms with Gasteiger partial charge >= 0.3 is 6.36 Å². The molecule has 184 valence electrons. The highest BCUT2D eigenvalue weighted by Gasteiger charge is 2.31. The normalized spacial score (nSPS) is 18.3. The molecule has 0 saturated carbocycles. The number of nitrogens with one attached hydrogen (secondary N) is 1. The number of benzene rings is 2. The molecule has 1 aliphatic rings. The summed E-state index contributed by atoms with van der Waals surface area (Å²) in [6, 6.07) is 14.5. The topological polar surface area (TPSA) is 63.7 Å². The predicted molar refractivity (Wildman–Crippen MR) is 128 cm³/mol. The number of anilines is 2. The lowest BCUT2D eigenvalue weighted by Crippen LogP contribution is -2.45. The Morgan fingerprint density at radius 3 is 2.34 bits per heavy atom. The van der Waals surface area contributed by atoms with Crippen molar-refractivity contribution in [3.8, 4) is 16.9 Å². The first-order chi connectivity index (χ1) is 16.6. The van der Waals surface area contributed by atoms with Gasteiger partial charge in [0.2, 0.25) is 0 Å². The van der Waals surface area contributed by atoms with Crippen molar-refractivity contribution in [1.82, 2.24) is 4.98 Å². The third-order valence-corrected chi connectivity index (χ3v) is 5.73. The number of nitrogens with zero attached hydrogens (tertiary/aromatic N) is 2. The Balaban J connectivity index is 1.47. The zero-order valence-corrected chi connectivity index (χ0v) is 19.6. The summed E-state index contributed by atoms with van der Waals surface area (Å²) < 4.78 is 46.9. The number of ether oxygens (including phenoxy) is 2. The second-order valence-electron chi connectivity index (χ2n) is 8.57. The summed E-state index contributed by atoms with van der Waals surface area (Å²) in [4.78, 5) is 19.6. The van der Waals surface area contributed by atoms with E-state index in [2.05, 4.69) is 19.9 Å². The van der Waals surface area contributed by atoms with Crippen LogP contribution in [-0.2, 0) is 4.74 Å². The molecule has 2 heterocycles. The molecule has 1 aromatic heterocycles. The molecule has 1 saturated heterocycles. The van der Waals surface area contributed by atoms with E-state index in [0.717, 1.165) is 24.5 Å². The maximum absolute atomic E-state index is 13.0. The van der Waals surface area contributed by atoms with Crippen LogP contribution in [0.25, 0.3) is 11.1 Å². The third kappa shape index (κ3) is 6.10. The lowest BCUT2D eigenvalue weighted by Gasteiger charge is -2.36. The lowest BCUT2D eigenvalue weighted by atomic mass is 9.96. The van der Waals surface area contributed by atoms with Crippen LogP contribution in [0, 0.1) is 6.92 Å². The minimum Gasteiger partial charge on any atom is -0.406 e. The number of amides is 1. The lowest BCUT2D eigenvalue weighted by molar-refractivity contribution is -0.274. The SMILES string of the molecule is Cc1c(C(=O)Nc2ccc(N3CC(C)O[C@@H](C)C3)nc2)cccc1-c1ccc(OC(F)(F)F)cc1. The summed E-state index contributed by atoms with van der Waals surface area (Å²) in [7, 11) is 0. The molecule has 1 aliphatic heterocycles. The van der Waals surface area contributed by atoms with Gasteiger partial charge in [0, 0.05) is 18.7 Å². The molecule has 35 heavy (non-hydrogen) atoms. The van der Waals surface area contributed by atoms with Crippen LogP contribution in [0.2, 0.25) is 0 Å². The molecule has 0 radical (unpaired) electrons. The van der Waals surface area contributed by atoms with Crippen molar-refractivity contribution in [2.45, 2.75) is 39.3 Å². The molecule has 2 aromatic carbocycles. The largest absolute Gasteiger partial charge is 0.573 e. The number of hydrogen-bond acceptors (Lipinski definition) is 5. The van der Waals surface area contributed by atoms with Crippen LogP contribution in [-0.4, -0.2) is 42.6 Å². The first kappa shape index (κ1) is 24.5. The smallest absolute Gasteiger partial charge is 0.406 e. The van der Waals surface area contributed by atoms with Gasteiger partial charge in [-0.1, -0.05) is 24.3 Å². The van der Waals surface area contributed by atoms with Crippen molar-refractivity contribution in [3.05, 3.63) is 71.9 Å². The van der Waals surface area contributed by atoms with Crippen molar-refractivity contribution in [2.75, 3.05) is 23.3 Å². The highest BCUT2D eigenvalue weighted by Crippen LogP contribution is 2.30. The first-order valence-corrected chi connectivity index (χ1v) is 11.2. The van der Waals surface area contributed by atoms with Gasteiger partial charge in [-0.25, -0.2) is 4.98 Å². The van der Waals surface area contributed by atoms with Gasteiger partial charge < -0.3 is 19.7 Å². The molecule has 0 spiro atoms. The third-order valence-electron chi connectivity index (χ3n) is 5.73. The summed E-state index contributed by atoms with van der Waals surface area (Å²) >= 11 is 0. The molecule has 3 aromatic rings. The number of carbonyl (C=O) groups is 1. The van der Waals surface area contributed by atoms with Gasteiger partial charge in [-0.2, -0.15) is 0 Å². The first-order valence-electron chi connectivity index (χ1n) is 11.2. The van der Waals surface area contributed by atoms with Gasteiger partial charge in [0.05, 0.1) is 24.1 Å². The highest BCUT2D eigenvalue weighted by atomic mass is 19.4. The number of morpholine rings is 1. The molecule has 1 fully saturated rings. The number of halogens is 3. The van der Waals surface area contributed by atoms with Crippen molar-refractivity contribution in [2.24, 2.45) is 0 Å². The van der Waals surface area contributed by atoms with Crippen molar-refractivity contribution >= 4 is 17.4 Å². The molecule has 0 bridgehead atoms. The Bertz CT molecular complexity index is 1170. The van der Waals surface area contributed by atoms with Crippen LogP contribution in [0.15, 0.2) is 60.8 Å². The average molecular weight is 486 g/mol.